The first-order valence-electron chi connectivity index (χ1n) is 1.45. The van der Waals surface area contributed by atoms with Gasteiger partial charge in [0, 0.05) is 0 Å². The summed E-state index contributed by atoms with van der Waals surface area (Å²) in [6, 6.07) is 0. The molecule has 0 aromatic rings. The molecule has 0 unspecified atom stereocenters. The molecule has 0 bridgehead atoms. The van der Waals surface area contributed by atoms with Gasteiger partial charge in [-0.1, -0.05) is 0 Å². The molecular formula is CH8B2S. The van der Waals surface area contributed by atoms with Gasteiger partial charge in [0.05, 0.1) is 15.5 Å². The number of thiol groups is 1. The van der Waals surface area contributed by atoms with Crippen LogP contribution in [0.5, 0.6) is 0 Å². The third-order valence-corrected chi connectivity index (χ3v) is 0. The molecule has 0 heterocycles. The predicted molar refractivity (Wildman–Crippen MR) is 32.0 cm³/mol. The summed E-state index contributed by atoms with van der Waals surface area (Å²) in [6.07, 6.45) is 1.69. The zero-order chi connectivity index (χ0) is 4.00. The molecule has 0 aromatic carbocycles. The van der Waals surface area contributed by atoms with Gasteiger partial charge in [-0.3, -0.25) is 0 Å². The molecular weight excluding hydrogens is 65.7 g/mol. The van der Waals surface area contributed by atoms with Crippen LogP contribution >= 0.6 is 12.6 Å². The molecule has 0 saturated carbocycles. The summed E-state index contributed by atoms with van der Waals surface area (Å²) in [6.45, 7) is 0. The van der Waals surface area contributed by atoms with E-state index in [-0.39, 0.29) is 0 Å². The maximum Gasteiger partial charge on any atom is 0.0643 e. The quantitative estimate of drug-likeness (QED) is 0.268. The van der Waals surface area contributed by atoms with Gasteiger partial charge in [-0.2, -0.15) is 12.6 Å². The molecule has 0 rings (SSSR count). The van der Waals surface area contributed by atoms with Crippen molar-refractivity contribution in [3.63, 3.8) is 0 Å². The highest BCUT2D eigenvalue weighted by atomic mass is 32.1. The molecule has 24 valence electrons. The monoisotopic (exact) mass is 74.1 g/mol. The van der Waals surface area contributed by atoms with Crippen molar-refractivity contribution >= 4 is 28.1 Å². The summed E-state index contributed by atoms with van der Waals surface area (Å²) in [7, 11) is 4.00. The van der Waals surface area contributed by atoms with E-state index in [0.29, 0.717) is 0 Å². The minimum Gasteiger partial charge on any atom is -0.183 e. The van der Waals surface area contributed by atoms with Gasteiger partial charge in [0.15, 0.2) is 0 Å². The van der Waals surface area contributed by atoms with Gasteiger partial charge in [-0.15, -0.1) is 0 Å². The van der Waals surface area contributed by atoms with E-state index >= 15 is 0 Å². The minimum absolute atomic E-state index is 1.69. The Morgan fingerprint density at radius 3 is 1.25 bits per heavy atom. The molecule has 0 aromatic heterocycles. The molecule has 0 atom stereocenters. The average molecular weight is 73.8 g/mol. The summed E-state index contributed by atoms with van der Waals surface area (Å²) in [5.74, 6) is 0. The normalized spacial score (nSPS) is 2.50. The van der Waals surface area contributed by atoms with E-state index in [1.54, 1.807) is 6.26 Å². The second-order valence-corrected chi connectivity index (χ2v) is 0. The zero-order valence-electron chi connectivity index (χ0n) is 3.45. The van der Waals surface area contributed by atoms with E-state index in [1.807, 2.05) is 15.5 Å². The third-order valence-electron chi connectivity index (χ3n) is 0. The van der Waals surface area contributed by atoms with Gasteiger partial charge in [-0.25, -0.2) is 0 Å². The highest BCUT2D eigenvalue weighted by molar-refractivity contribution is 7.79. The lowest BCUT2D eigenvalue weighted by Crippen LogP contribution is -1.38. The van der Waals surface area contributed by atoms with E-state index in [1.165, 1.54) is 0 Å². The van der Waals surface area contributed by atoms with Crippen molar-refractivity contribution in [1.82, 2.24) is 0 Å². The maximum absolute atomic E-state index is 3.53. The van der Waals surface area contributed by atoms with Crippen molar-refractivity contribution in [2.45, 2.75) is 0 Å². The fourth-order valence-electron chi connectivity index (χ4n) is 0. The summed E-state index contributed by atoms with van der Waals surface area (Å²) in [5, 5.41) is 0. The molecule has 0 aliphatic carbocycles. The Bertz CT molecular complexity index is 6.00. The highest BCUT2D eigenvalue weighted by Gasteiger charge is 1.06. The van der Waals surface area contributed by atoms with E-state index in [0.717, 1.165) is 0 Å². The minimum atomic E-state index is 1.69. The smallest absolute Gasteiger partial charge is 0.0643 e. The van der Waals surface area contributed by atoms with Crippen LogP contribution in [0.4, 0.5) is 0 Å². The number of hydrogen-bond donors (Lipinski definition) is 1. The molecule has 0 radical (unpaired) electrons. The van der Waals surface area contributed by atoms with Crippen LogP contribution in [0.1, 0.15) is 0 Å². The third kappa shape index (κ3) is 23.6. The lowest BCUT2D eigenvalue weighted by molar-refractivity contribution is 2.55. The molecule has 0 saturated heterocycles. The summed E-state index contributed by atoms with van der Waals surface area (Å²) in [5.41, 5.74) is 0. The molecule has 0 amide bonds. The fraction of sp³-hybridized carbons (Fsp3) is 1.00. The van der Waals surface area contributed by atoms with Gasteiger partial charge in [-0.05, 0) is 6.26 Å². The second-order valence-electron chi connectivity index (χ2n) is 0. The van der Waals surface area contributed by atoms with Gasteiger partial charge in [0.25, 0.3) is 0 Å². The van der Waals surface area contributed by atoms with Crippen molar-refractivity contribution in [2.75, 3.05) is 6.26 Å². The van der Waals surface area contributed by atoms with Crippen molar-refractivity contribution in [2.24, 2.45) is 0 Å². The van der Waals surface area contributed by atoms with Crippen LogP contribution < -0.4 is 0 Å². The Morgan fingerprint density at radius 2 is 1.25 bits per heavy atom. The molecule has 0 nitrogen and oxygen atoms in total. The first-order valence-corrected chi connectivity index (χ1v) is 2.34. The Morgan fingerprint density at radius 1 is 1.25 bits per heavy atom. The standard InChI is InChI=1S/CH4S.B2H4/c2*1-2/h2H,1H3;1-2H2. The van der Waals surface area contributed by atoms with Gasteiger partial charge in [0.1, 0.15) is 0 Å². The van der Waals surface area contributed by atoms with E-state index in [9.17, 15) is 0 Å². The van der Waals surface area contributed by atoms with Crippen molar-refractivity contribution in [1.29, 1.82) is 0 Å². The molecule has 0 N–H and O–H groups in total. The predicted octanol–water partition coefficient (Wildman–Crippen LogP) is -1.29. The summed E-state index contributed by atoms with van der Waals surface area (Å²) >= 11 is 3.53. The molecule has 0 spiro atoms. The lowest BCUT2D eigenvalue weighted by Gasteiger charge is -1.11. The van der Waals surface area contributed by atoms with Crippen LogP contribution in [0.3, 0.4) is 0 Å². The van der Waals surface area contributed by atoms with Crippen LogP contribution in [0, 0.1) is 0 Å². The summed E-state index contributed by atoms with van der Waals surface area (Å²) in [4.78, 5) is 0. The lowest BCUT2D eigenvalue weighted by atomic mass is 9.81. The average Bonchev–Trinajstić information content (AvgIpc) is 1.50. The molecule has 3 heteroatoms. The summed E-state index contributed by atoms with van der Waals surface area (Å²) < 4.78 is 0. The van der Waals surface area contributed by atoms with E-state index in [4.69, 9.17) is 0 Å². The maximum atomic E-state index is 3.53. The Hall–Kier alpha value is 0.480. The molecule has 4 heavy (non-hydrogen) atoms. The first kappa shape index (κ1) is 8.82. The largest absolute Gasteiger partial charge is 0.183 e. The van der Waals surface area contributed by atoms with Crippen LogP contribution in [0.2, 0.25) is 0 Å². The molecule has 0 fully saturated rings. The van der Waals surface area contributed by atoms with Gasteiger partial charge in [0.2, 0.25) is 0 Å². The van der Waals surface area contributed by atoms with Crippen LogP contribution in [-0.4, -0.2) is 21.7 Å². The Labute approximate surface area is 35.2 Å². The second kappa shape index (κ2) is 92.9. The first-order chi connectivity index (χ1) is 2.00. The van der Waals surface area contributed by atoms with Crippen LogP contribution in [-0.2, 0) is 0 Å². The van der Waals surface area contributed by atoms with Gasteiger partial charge >= 0.3 is 0 Å². The SMILES string of the molecule is BB.CS. The zero-order valence-corrected chi connectivity index (χ0v) is 4.34. The fourth-order valence-corrected chi connectivity index (χ4v) is 0. The van der Waals surface area contributed by atoms with Crippen LogP contribution in [0.25, 0.3) is 0 Å². The van der Waals surface area contributed by atoms with Gasteiger partial charge < -0.3 is 0 Å². The van der Waals surface area contributed by atoms with E-state index in [2.05, 4.69) is 12.6 Å². The van der Waals surface area contributed by atoms with Crippen LogP contribution in [0.15, 0.2) is 0 Å². The van der Waals surface area contributed by atoms with E-state index < -0.39 is 0 Å². The van der Waals surface area contributed by atoms with Crippen molar-refractivity contribution < 1.29 is 0 Å². The van der Waals surface area contributed by atoms with Crippen molar-refractivity contribution in [3.05, 3.63) is 0 Å². The number of rotatable bonds is 0. The Kier molecular flexibility index (Phi) is 205. The molecule has 0 aliphatic rings. The number of hydrogen-bond acceptors (Lipinski definition) is 1. The highest BCUT2D eigenvalue weighted by Crippen LogP contribution is 1.31. The van der Waals surface area contributed by atoms with Crippen molar-refractivity contribution in [3.8, 4) is 0 Å². The molecule has 0 aliphatic heterocycles. The topological polar surface area (TPSA) is 0 Å². The Balaban J connectivity index is 0.